The van der Waals surface area contributed by atoms with Crippen LogP contribution in [0.4, 0.5) is 0 Å². The van der Waals surface area contributed by atoms with Crippen LogP contribution in [-0.2, 0) is 66.4 Å². The fraction of sp³-hybridized carbons (Fsp3) is 0.984. The van der Waals surface area contributed by atoms with Crippen molar-refractivity contribution in [1.29, 1.82) is 0 Å². The first-order chi connectivity index (χ1) is 41.4. The first kappa shape index (κ1) is 73.7. The molecule has 6 saturated heterocycles. The fourth-order valence-corrected chi connectivity index (χ4v) is 12.8. The van der Waals surface area contributed by atoms with Gasteiger partial charge in [-0.2, -0.15) is 0 Å². The lowest BCUT2D eigenvalue weighted by Crippen LogP contribution is -2.68. The summed E-state index contributed by atoms with van der Waals surface area (Å²) < 4.78 is 84.5. The van der Waals surface area contributed by atoms with Crippen LogP contribution in [0.2, 0.25) is 0 Å². The minimum atomic E-state index is -1.78. The molecule has 0 amide bonds. The molecule has 0 aromatic carbocycles. The molecule has 0 aromatic heterocycles. The van der Waals surface area contributed by atoms with E-state index in [1.165, 1.54) is 39.0 Å². The van der Waals surface area contributed by atoms with Crippen LogP contribution in [0.1, 0.15) is 229 Å². The van der Waals surface area contributed by atoms with Crippen molar-refractivity contribution in [2.45, 2.75) is 388 Å². The first-order valence-corrected chi connectivity index (χ1v) is 33.8. The van der Waals surface area contributed by atoms with E-state index in [0.717, 1.165) is 122 Å². The van der Waals surface area contributed by atoms with Gasteiger partial charge < -0.3 is 102 Å². The SMILES string of the molecule is CCCCCCCCCCCCO[C@H]1[C@H](O[C@@H]2[C@H]3OC(=O)CCCCCCCCC[C@H](CCCCC)O[C@H]4O[C@H](C)[C@H](O)[C@H](O)[C@H]4O[C@H](O[C@H]2C)[C@@H]3O)O[C@@H](C)[C@H](O[C@@H]2O[C@@H](C)[C@H](OCCCCCC)[C@@H](O)[C@H]2O)[C@H]1O[C@@H]1O[C@@H](C)[C@H](O)[C@@H](O)[C@H]1O. The number of esters is 1. The maximum atomic E-state index is 14.0. The summed E-state index contributed by atoms with van der Waals surface area (Å²) in [6.07, 6.45) is -8.84. The summed E-state index contributed by atoms with van der Waals surface area (Å²) in [6, 6.07) is 0. The molecule has 6 aliphatic rings. The lowest BCUT2D eigenvalue weighted by atomic mass is 9.95. The number of rotatable bonds is 28. The minimum Gasteiger partial charge on any atom is -0.456 e. The molecule has 86 heavy (non-hydrogen) atoms. The molecule has 0 unspecified atom stereocenters. The molecule has 2 bridgehead atoms. The summed E-state index contributed by atoms with van der Waals surface area (Å²) in [7, 11) is 0. The van der Waals surface area contributed by atoms with Crippen LogP contribution in [0.3, 0.4) is 0 Å². The predicted octanol–water partition coefficient (Wildman–Crippen LogP) is 6.81. The van der Waals surface area contributed by atoms with E-state index in [0.29, 0.717) is 19.4 Å². The van der Waals surface area contributed by atoms with Gasteiger partial charge in [0, 0.05) is 19.6 Å². The molecule has 6 aliphatic heterocycles. The second-order valence-electron chi connectivity index (χ2n) is 25.5. The summed E-state index contributed by atoms with van der Waals surface area (Å²) in [5.74, 6) is -0.610. The maximum Gasteiger partial charge on any atom is 0.306 e. The number of fused-ring (bicyclic) bond motifs is 3. The number of hydrogen-bond donors (Lipinski definition) is 8. The highest BCUT2D eigenvalue weighted by molar-refractivity contribution is 5.69. The fourth-order valence-electron chi connectivity index (χ4n) is 12.8. The van der Waals surface area contributed by atoms with E-state index in [1.54, 1.807) is 27.7 Å². The van der Waals surface area contributed by atoms with E-state index in [9.17, 15) is 45.6 Å². The topological polar surface area (TPSA) is 299 Å². The zero-order valence-corrected chi connectivity index (χ0v) is 53.3. The molecule has 6 fully saturated rings. The highest BCUT2D eigenvalue weighted by Gasteiger charge is 2.58. The van der Waals surface area contributed by atoms with Gasteiger partial charge in [0.15, 0.2) is 37.6 Å². The van der Waals surface area contributed by atoms with Crippen molar-refractivity contribution in [2.24, 2.45) is 0 Å². The average Bonchev–Trinajstić information content (AvgIpc) is 1.01. The van der Waals surface area contributed by atoms with Gasteiger partial charge >= 0.3 is 5.97 Å². The summed E-state index contributed by atoms with van der Waals surface area (Å²) in [4.78, 5) is 14.0. The molecule has 0 saturated carbocycles. The van der Waals surface area contributed by atoms with Crippen LogP contribution in [0.25, 0.3) is 0 Å². The van der Waals surface area contributed by atoms with Crippen molar-refractivity contribution < 1.29 is 107 Å². The van der Waals surface area contributed by atoms with Crippen LogP contribution in [0.15, 0.2) is 0 Å². The maximum absolute atomic E-state index is 14.0. The molecule has 6 rings (SSSR count). The number of ether oxygens (including phenoxy) is 13. The lowest BCUT2D eigenvalue weighted by molar-refractivity contribution is -0.402. The van der Waals surface area contributed by atoms with Crippen LogP contribution >= 0.6 is 0 Å². The van der Waals surface area contributed by atoms with E-state index in [-0.39, 0.29) is 19.1 Å². The molecule has 0 spiro atoms. The predicted molar refractivity (Wildman–Crippen MR) is 315 cm³/mol. The van der Waals surface area contributed by atoms with Crippen LogP contribution < -0.4 is 0 Å². The third-order valence-electron chi connectivity index (χ3n) is 18.3. The second-order valence-corrected chi connectivity index (χ2v) is 25.5. The van der Waals surface area contributed by atoms with Gasteiger partial charge in [0.25, 0.3) is 0 Å². The molecular formula is C64H116O22. The van der Waals surface area contributed by atoms with Gasteiger partial charge in [0.05, 0.1) is 36.6 Å². The van der Waals surface area contributed by atoms with Gasteiger partial charge in [0.1, 0.15) is 85.5 Å². The van der Waals surface area contributed by atoms with E-state index in [1.807, 2.05) is 0 Å². The third kappa shape index (κ3) is 21.6. The highest BCUT2D eigenvalue weighted by Crippen LogP contribution is 2.39. The Bertz CT molecular complexity index is 1820. The van der Waals surface area contributed by atoms with Gasteiger partial charge in [-0.1, -0.05) is 156 Å². The van der Waals surface area contributed by atoms with Crippen molar-refractivity contribution in [3.05, 3.63) is 0 Å². The van der Waals surface area contributed by atoms with E-state index in [4.69, 9.17) is 61.6 Å². The molecule has 22 nitrogen and oxygen atoms in total. The molecule has 6 heterocycles. The Morgan fingerprint density at radius 3 is 1.49 bits per heavy atom. The number of carbonyl (C=O) groups is 1. The van der Waals surface area contributed by atoms with E-state index in [2.05, 4.69) is 20.8 Å². The van der Waals surface area contributed by atoms with Crippen molar-refractivity contribution in [3.8, 4) is 0 Å². The van der Waals surface area contributed by atoms with E-state index >= 15 is 0 Å². The first-order valence-electron chi connectivity index (χ1n) is 33.8. The van der Waals surface area contributed by atoms with Gasteiger partial charge in [-0.3, -0.25) is 4.79 Å². The molecule has 0 radical (unpaired) electrons. The number of hydrogen-bond acceptors (Lipinski definition) is 22. The molecular weight excluding hydrogens is 1120 g/mol. The molecule has 8 N–H and O–H groups in total. The normalized spacial score (nSPS) is 41.8. The van der Waals surface area contributed by atoms with Gasteiger partial charge in [-0.05, 0) is 66.7 Å². The Morgan fingerprint density at radius 1 is 0.372 bits per heavy atom. The summed E-state index contributed by atoms with van der Waals surface area (Å²) in [5.41, 5.74) is 0. The quantitative estimate of drug-likeness (QED) is 0.0295. The zero-order valence-electron chi connectivity index (χ0n) is 53.3. The molecule has 0 aliphatic carbocycles. The highest BCUT2D eigenvalue weighted by atomic mass is 16.8. The average molecular weight is 1240 g/mol. The number of aliphatic hydroxyl groups is 8. The molecule has 504 valence electrons. The minimum absolute atomic E-state index is 0.0404. The zero-order chi connectivity index (χ0) is 62.3. The summed E-state index contributed by atoms with van der Waals surface area (Å²) in [5, 5.41) is 92.1. The van der Waals surface area contributed by atoms with Crippen molar-refractivity contribution >= 4 is 5.97 Å². The molecule has 26 atom stereocenters. The van der Waals surface area contributed by atoms with Crippen molar-refractivity contribution in [1.82, 2.24) is 0 Å². The van der Waals surface area contributed by atoms with Gasteiger partial charge in [0.2, 0.25) is 0 Å². The van der Waals surface area contributed by atoms with Crippen LogP contribution in [0.5, 0.6) is 0 Å². The standard InChI is InChI=1S/C64H116O22/c1-9-12-15-17-18-19-20-24-27-32-37-75-59-58(86-60-50(71)47(68)45(66)38(4)76-60)55(83-61-51(72)49(70)53(40(6)78-61)74-36-31-16-13-10-2)42(8)80-64(59)84-54-41(7)79-62-52(73)56(54)82-44(65)35-30-26-23-21-22-25-29-34-43(33-28-14-11-3)81-63-57(85-62)48(69)46(67)39(5)77-63/h38-43,45-64,66-73H,9-37H2,1-8H3/t38-,39+,40-,41-,42-,43-,45-,46-,47+,48-,49-,50+,51+,52+,53-,54-,55-,56-,57+,58+,59+,60-,61-,62-,63+,64-/m0/s1. The van der Waals surface area contributed by atoms with E-state index < -0.39 is 159 Å². The smallest absolute Gasteiger partial charge is 0.306 e. The van der Waals surface area contributed by atoms with Crippen LogP contribution in [0, 0.1) is 0 Å². The largest absolute Gasteiger partial charge is 0.456 e. The Balaban J connectivity index is 1.32. The van der Waals surface area contributed by atoms with Gasteiger partial charge in [-0.25, -0.2) is 0 Å². The van der Waals surface area contributed by atoms with Crippen molar-refractivity contribution in [2.75, 3.05) is 13.2 Å². The Labute approximate surface area is 513 Å². The summed E-state index contributed by atoms with van der Waals surface area (Å²) >= 11 is 0. The second kappa shape index (κ2) is 38.6. The Morgan fingerprint density at radius 2 is 0.837 bits per heavy atom. The number of aliphatic hydroxyl groups excluding tert-OH is 8. The number of carbonyl (C=O) groups excluding carboxylic acids is 1. The molecule has 22 heteroatoms. The lowest BCUT2D eigenvalue weighted by Gasteiger charge is -2.51. The third-order valence-corrected chi connectivity index (χ3v) is 18.3. The molecule has 0 aromatic rings. The van der Waals surface area contributed by atoms with Gasteiger partial charge in [-0.15, -0.1) is 0 Å². The monoisotopic (exact) mass is 1240 g/mol. The number of unbranched alkanes of at least 4 members (excludes halogenated alkanes) is 14. The van der Waals surface area contributed by atoms with Crippen molar-refractivity contribution in [3.63, 3.8) is 0 Å². The van der Waals surface area contributed by atoms with Crippen LogP contribution in [-0.4, -0.2) is 220 Å². The Hall–Kier alpha value is -1.33. The summed E-state index contributed by atoms with van der Waals surface area (Å²) in [6.45, 7) is 15.1. The Kier molecular flexibility index (Phi) is 33.1.